The van der Waals surface area contributed by atoms with Crippen LogP contribution < -0.4 is 5.32 Å². The minimum absolute atomic E-state index is 0.0441. The number of likely N-dealkylation sites (tertiary alicyclic amines) is 1. The van der Waals surface area contributed by atoms with E-state index in [-0.39, 0.29) is 17.9 Å². The zero-order valence-electron chi connectivity index (χ0n) is 16.4. The second-order valence-corrected chi connectivity index (χ2v) is 9.50. The van der Waals surface area contributed by atoms with E-state index in [1.807, 2.05) is 45.0 Å². The Bertz CT molecular complexity index is 782. The SMILES string of the molecule is CC(C)(C)OC(=O)N1[C@@H]2CCC(C2)[C@H]1C(=O)N[C@H](C#N)Cc1ccc(Br)cc1. The van der Waals surface area contributed by atoms with Crippen LogP contribution in [0, 0.1) is 17.2 Å². The highest BCUT2D eigenvalue weighted by molar-refractivity contribution is 9.10. The molecule has 1 saturated carbocycles. The largest absolute Gasteiger partial charge is 0.444 e. The maximum absolute atomic E-state index is 13.0. The molecule has 1 aromatic carbocycles. The zero-order chi connectivity index (χ0) is 20.5. The Hall–Kier alpha value is -2.07. The van der Waals surface area contributed by atoms with Crippen LogP contribution in [-0.2, 0) is 16.0 Å². The van der Waals surface area contributed by atoms with Crippen molar-refractivity contribution in [3.05, 3.63) is 34.3 Å². The minimum atomic E-state index is -0.645. The number of halogens is 1. The van der Waals surface area contributed by atoms with Gasteiger partial charge in [-0.15, -0.1) is 0 Å². The summed E-state index contributed by atoms with van der Waals surface area (Å²) in [5.41, 5.74) is 0.350. The molecule has 1 N–H and O–H groups in total. The van der Waals surface area contributed by atoms with E-state index < -0.39 is 23.8 Å². The number of carbonyl (C=O) groups is 2. The molecule has 1 saturated heterocycles. The van der Waals surface area contributed by atoms with Crippen LogP contribution in [0.2, 0.25) is 0 Å². The minimum Gasteiger partial charge on any atom is -0.444 e. The molecule has 3 rings (SSSR count). The van der Waals surface area contributed by atoms with Gasteiger partial charge in [-0.25, -0.2) is 4.79 Å². The number of nitrogens with zero attached hydrogens (tertiary/aromatic N) is 2. The van der Waals surface area contributed by atoms with Crippen molar-refractivity contribution in [2.45, 2.75) is 70.2 Å². The van der Waals surface area contributed by atoms with Gasteiger partial charge in [0.25, 0.3) is 0 Å². The first-order chi connectivity index (χ1) is 13.2. The fraction of sp³-hybridized carbons (Fsp3) is 0.571. The highest BCUT2D eigenvalue weighted by Crippen LogP contribution is 2.43. The summed E-state index contributed by atoms with van der Waals surface area (Å²) in [4.78, 5) is 27.3. The lowest BCUT2D eigenvalue weighted by Crippen LogP contribution is -2.55. The van der Waals surface area contributed by atoms with Crippen LogP contribution in [0.25, 0.3) is 0 Å². The van der Waals surface area contributed by atoms with Crippen LogP contribution in [0.3, 0.4) is 0 Å². The van der Waals surface area contributed by atoms with Crippen LogP contribution in [0.4, 0.5) is 4.79 Å². The maximum Gasteiger partial charge on any atom is 0.411 e. The van der Waals surface area contributed by atoms with Gasteiger partial charge in [0.1, 0.15) is 17.7 Å². The molecule has 7 heteroatoms. The van der Waals surface area contributed by atoms with E-state index in [1.165, 1.54) is 0 Å². The number of piperidine rings is 1. The third-order valence-corrected chi connectivity index (χ3v) is 5.81. The monoisotopic (exact) mass is 447 g/mol. The standard InChI is InChI=1S/C21H26BrN3O3/c1-21(2,3)28-20(27)25-17-9-6-14(11-17)18(25)19(26)24-16(12-23)10-13-4-7-15(22)8-5-13/h4-5,7-8,14,16-18H,6,9-11H2,1-3H3,(H,24,26)/t14?,16-,17+,18-/m0/s1. The van der Waals surface area contributed by atoms with Crippen LogP contribution in [-0.4, -0.2) is 40.6 Å². The molecule has 1 aliphatic carbocycles. The number of nitrogens with one attached hydrogen (secondary N) is 1. The Kier molecular flexibility index (Phi) is 5.99. The number of hydrogen-bond donors (Lipinski definition) is 1. The van der Waals surface area contributed by atoms with Crippen molar-refractivity contribution < 1.29 is 14.3 Å². The predicted octanol–water partition coefficient (Wildman–Crippen LogP) is 3.79. The molecule has 1 aromatic rings. The number of rotatable bonds is 4. The van der Waals surface area contributed by atoms with Crippen molar-refractivity contribution in [2.75, 3.05) is 0 Å². The van der Waals surface area contributed by atoms with Gasteiger partial charge in [0, 0.05) is 16.9 Å². The number of benzene rings is 1. The molecule has 1 unspecified atom stereocenters. The smallest absolute Gasteiger partial charge is 0.411 e. The van der Waals surface area contributed by atoms with Gasteiger partial charge in [-0.05, 0) is 63.6 Å². The summed E-state index contributed by atoms with van der Waals surface area (Å²) in [6.45, 7) is 5.45. The summed E-state index contributed by atoms with van der Waals surface area (Å²) >= 11 is 3.39. The first kappa shape index (κ1) is 20.7. The van der Waals surface area contributed by atoms with Gasteiger partial charge in [0.15, 0.2) is 0 Å². The lowest BCUT2D eigenvalue weighted by atomic mass is 9.97. The van der Waals surface area contributed by atoms with Gasteiger partial charge < -0.3 is 10.1 Å². The quantitative estimate of drug-likeness (QED) is 0.760. The molecule has 150 valence electrons. The summed E-state index contributed by atoms with van der Waals surface area (Å²) in [5, 5.41) is 12.4. The van der Waals surface area contributed by atoms with Crippen molar-refractivity contribution in [1.29, 1.82) is 5.26 Å². The molecule has 0 radical (unpaired) electrons. The molecule has 4 atom stereocenters. The second kappa shape index (κ2) is 8.12. The molecule has 1 heterocycles. The van der Waals surface area contributed by atoms with Crippen molar-refractivity contribution in [3.8, 4) is 6.07 Å². The predicted molar refractivity (Wildman–Crippen MR) is 108 cm³/mol. The summed E-state index contributed by atoms with van der Waals surface area (Å²) in [7, 11) is 0. The third kappa shape index (κ3) is 4.67. The van der Waals surface area contributed by atoms with E-state index in [9.17, 15) is 14.9 Å². The fourth-order valence-corrected chi connectivity index (χ4v) is 4.41. The molecule has 0 spiro atoms. The average Bonchev–Trinajstić information content (AvgIpc) is 3.22. The Morgan fingerprint density at radius 1 is 1.32 bits per heavy atom. The summed E-state index contributed by atoms with van der Waals surface area (Å²) in [6, 6.07) is 8.67. The lowest BCUT2D eigenvalue weighted by Gasteiger charge is -2.35. The Labute approximate surface area is 174 Å². The van der Waals surface area contributed by atoms with Crippen molar-refractivity contribution in [1.82, 2.24) is 10.2 Å². The molecule has 2 fully saturated rings. The van der Waals surface area contributed by atoms with Gasteiger partial charge >= 0.3 is 6.09 Å². The normalized spacial score (nSPS) is 24.5. The second-order valence-electron chi connectivity index (χ2n) is 8.58. The van der Waals surface area contributed by atoms with E-state index in [4.69, 9.17) is 4.74 Å². The van der Waals surface area contributed by atoms with Gasteiger partial charge in [-0.2, -0.15) is 5.26 Å². The summed E-state index contributed by atoms with van der Waals surface area (Å²) in [5.74, 6) is -0.133. The van der Waals surface area contributed by atoms with Crippen LogP contribution >= 0.6 is 15.9 Å². The van der Waals surface area contributed by atoms with Crippen molar-refractivity contribution in [3.63, 3.8) is 0 Å². The zero-order valence-corrected chi connectivity index (χ0v) is 18.0. The molecule has 6 nitrogen and oxygen atoms in total. The maximum atomic E-state index is 13.0. The van der Waals surface area contributed by atoms with Crippen LogP contribution in [0.5, 0.6) is 0 Å². The molecular formula is C21H26BrN3O3. The molecule has 2 amide bonds. The van der Waals surface area contributed by atoms with Crippen LogP contribution in [0.15, 0.2) is 28.7 Å². The molecule has 0 aromatic heterocycles. The van der Waals surface area contributed by atoms with E-state index in [0.717, 1.165) is 29.3 Å². The number of nitriles is 1. The number of amides is 2. The third-order valence-electron chi connectivity index (χ3n) is 5.28. The summed E-state index contributed by atoms with van der Waals surface area (Å²) in [6.07, 6.45) is 2.62. The first-order valence-corrected chi connectivity index (χ1v) is 10.4. The van der Waals surface area contributed by atoms with E-state index in [1.54, 1.807) is 4.90 Å². The van der Waals surface area contributed by atoms with Crippen LogP contribution in [0.1, 0.15) is 45.6 Å². The number of carbonyl (C=O) groups excluding carboxylic acids is 2. The summed E-state index contributed by atoms with van der Waals surface area (Å²) < 4.78 is 6.49. The fourth-order valence-electron chi connectivity index (χ4n) is 4.15. The first-order valence-electron chi connectivity index (χ1n) is 9.63. The molecule has 2 aliphatic rings. The van der Waals surface area contributed by atoms with Crippen molar-refractivity contribution in [2.24, 2.45) is 5.92 Å². The molecule has 2 bridgehead atoms. The van der Waals surface area contributed by atoms with Gasteiger partial charge in [0.05, 0.1) is 6.07 Å². The van der Waals surface area contributed by atoms with Gasteiger partial charge in [-0.3, -0.25) is 9.69 Å². The number of ether oxygens (including phenoxy) is 1. The number of fused-ring (bicyclic) bond motifs is 2. The Morgan fingerprint density at radius 2 is 2.00 bits per heavy atom. The van der Waals surface area contributed by atoms with E-state index in [0.29, 0.717) is 6.42 Å². The highest BCUT2D eigenvalue weighted by Gasteiger charge is 2.52. The van der Waals surface area contributed by atoms with Gasteiger partial charge in [0.2, 0.25) is 5.91 Å². The average molecular weight is 448 g/mol. The molecule has 1 aliphatic heterocycles. The topological polar surface area (TPSA) is 82.4 Å². The number of hydrogen-bond acceptors (Lipinski definition) is 4. The Morgan fingerprint density at radius 3 is 2.61 bits per heavy atom. The van der Waals surface area contributed by atoms with Crippen molar-refractivity contribution >= 4 is 27.9 Å². The lowest BCUT2D eigenvalue weighted by molar-refractivity contribution is -0.128. The van der Waals surface area contributed by atoms with E-state index in [2.05, 4.69) is 27.3 Å². The van der Waals surface area contributed by atoms with Gasteiger partial charge in [-0.1, -0.05) is 28.1 Å². The highest BCUT2D eigenvalue weighted by atomic mass is 79.9. The van der Waals surface area contributed by atoms with E-state index >= 15 is 0 Å². The Balaban J connectivity index is 1.69. The molecule has 28 heavy (non-hydrogen) atoms. The molecular weight excluding hydrogens is 422 g/mol.